The topological polar surface area (TPSA) is 61.0 Å². The molecule has 4 nitrogen and oxygen atoms in total. The molecule has 0 amide bonds. The normalized spacial score (nSPS) is 10.2. The summed E-state index contributed by atoms with van der Waals surface area (Å²) in [5.74, 6) is 0. The van der Waals surface area contributed by atoms with Crippen molar-refractivity contribution in [3.05, 3.63) is 36.3 Å². The Morgan fingerprint density at radius 1 is 1.31 bits per heavy atom. The maximum Gasteiger partial charge on any atom is 0.275 e. The molecule has 0 atom stereocenters. The second kappa shape index (κ2) is 5.46. The molecule has 0 aliphatic rings. The molecule has 2 aromatic heterocycles. The van der Waals surface area contributed by atoms with E-state index in [4.69, 9.17) is 10.5 Å². The van der Waals surface area contributed by atoms with E-state index in [-0.39, 0.29) is 0 Å². The van der Waals surface area contributed by atoms with Crippen LogP contribution in [0.4, 0.5) is 5.00 Å². The highest BCUT2D eigenvalue weighted by Gasteiger charge is 1.99. The number of thiazole rings is 1. The summed E-state index contributed by atoms with van der Waals surface area (Å²) in [6.07, 6.45) is 7.17. The van der Waals surface area contributed by atoms with Gasteiger partial charge in [-0.2, -0.15) is 0 Å². The van der Waals surface area contributed by atoms with Gasteiger partial charge in [-0.25, -0.2) is 4.98 Å². The summed E-state index contributed by atoms with van der Waals surface area (Å²) in [4.78, 5) is 7.99. The van der Waals surface area contributed by atoms with Gasteiger partial charge in [0.05, 0.1) is 12.8 Å². The predicted octanol–water partition coefficient (Wildman–Crippen LogP) is 2.13. The van der Waals surface area contributed by atoms with Gasteiger partial charge in [-0.15, -0.1) is 0 Å². The van der Waals surface area contributed by atoms with Crippen molar-refractivity contribution in [1.29, 1.82) is 0 Å². The van der Waals surface area contributed by atoms with Crippen LogP contribution in [-0.4, -0.2) is 16.6 Å². The molecular formula is C11H13N3OS. The Labute approximate surface area is 98.1 Å². The second-order valence-electron chi connectivity index (χ2n) is 3.34. The monoisotopic (exact) mass is 235 g/mol. The van der Waals surface area contributed by atoms with Gasteiger partial charge >= 0.3 is 0 Å². The zero-order valence-corrected chi connectivity index (χ0v) is 9.61. The van der Waals surface area contributed by atoms with Gasteiger partial charge in [0.25, 0.3) is 5.19 Å². The molecule has 0 spiro atoms. The lowest BCUT2D eigenvalue weighted by Gasteiger charge is -2.02. The number of pyridine rings is 1. The lowest BCUT2D eigenvalue weighted by atomic mass is 10.1. The van der Waals surface area contributed by atoms with Crippen molar-refractivity contribution in [3.63, 3.8) is 0 Å². The molecule has 5 heteroatoms. The largest absolute Gasteiger partial charge is 0.470 e. The van der Waals surface area contributed by atoms with Crippen LogP contribution in [-0.2, 0) is 6.42 Å². The maximum atomic E-state index is 5.54. The van der Waals surface area contributed by atoms with Gasteiger partial charge in [-0.3, -0.25) is 4.98 Å². The Hall–Kier alpha value is -1.62. The molecule has 0 fully saturated rings. The summed E-state index contributed by atoms with van der Waals surface area (Å²) in [6.45, 7) is 0.662. The van der Waals surface area contributed by atoms with Gasteiger partial charge < -0.3 is 10.5 Å². The van der Waals surface area contributed by atoms with E-state index in [0.29, 0.717) is 16.8 Å². The van der Waals surface area contributed by atoms with Crippen LogP contribution in [0.5, 0.6) is 5.19 Å². The summed E-state index contributed by atoms with van der Waals surface area (Å²) in [5, 5.41) is 1.33. The number of aryl methyl sites for hydroxylation is 1. The van der Waals surface area contributed by atoms with E-state index in [1.165, 1.54) is 16.9 Å². The Bertz CT molecular complexity index is 430. The van der Waals surface area contributed by atoms with E-state index in [0.717, 1.165) is 12.8 Å². The molecule has 0 unspecified atom stereocenters. The Morgan fingerprint density at radius 3 is 2.81 bits per heavy atom. The predicted molar refractivity (Wildman–Crippen MR) is 64.6 cm³/mol. The van der Waals surface area contributed by atoms with Gasteiger partial charge in [-0.1, -0.05) is 11.3 Å². The molecule has 0 bridgehead atoms. The average Bonchev–Trinajstić information content (AvgIpc) is 2.72. The molecule has 2 heterocycles. The minimum absolute atomic E-state index is 0.646. The van der Waals surface area contributed by atoms with Gasteiger partial charge in [0, 0.05) is 12.4 Å². The third kappa shape index (κ3) is 3.20. The fourth-order valence-electron chi connectivity index (χ4n) is 1.32. The lowest BCUT2D eigenvalue weighted by Crippen LogP contribution is -1.98. The van der Waals surface area contributed by atoms with Crippen molar-refractivity contribution in [3.8, 4) is 5.19 Å². The van der Waals surface area contributed by atoms with Crippen molar-refractivity contribution in [1.82, 2.24) is 9.97 Å². The fourth-order valence-corrected chi connectivity index (χ4v) is 1.88. The first-order chi connectivity index (χ1) is 7.84. The smallest absolute Gasteiger partial charge is 0.275 e. The van der Waals surface area contributed by atoms with E-state index < -0.39 is 0 Å². The van der Waals surface area contributed by atoms with E-state index in [9.17, 15) is 0 Å². The molecule has 16 heavy (non-hydrogen) atoms. The molecule has 84 valence electrons. The Balaban J connectivity index is 1.69. The quantitative estimate of drug-likeness (QED) is 0.806. The van der Waals surface area contributed by atoms with Crippen LogP contribution >= 0.6 is 11.3 Å². The summed E-state index contributed by atoms with van der Waals surface area (Å²) in [6, 6.07) is 4.03. The first-order valence-electron chi connectivity index (χ1n) is 5.07. The molecule has 2 aromatic rings. The molecule has 2 N–H and O–H groups in total. The number of rotatable bonds is 5. The summed E-state index contributed by atoms with van der Waals surface area (Å²) >= 11 is 1.37. The molecule has 0 saturated carbocycles. The van der Waals surface area contributed by atoms with Crippen LogP contribution in [0.1, 0.15) is 12.0 Å². The van der Waals surface area contributed by atoms with Crippen LogP contribution in [0.3, 0.4) is 0 Å². The highest BCUT2D eigenvalue weighted by Crippen LogP contribution is 2.22. The maximum absolute atomic E-state index is 5.54. The van der Waals surface area contributed by atoms with E-state index in [1.807, 2.05) is 12.1 Å². The van der Waals surface area contributed by atoms with Gasteiger partial charge in [-0.05, 0) is 30.5 Å². The van der Waals surface area contributed by atoms with E-state index in [1.54, 1.807) is 18.6 Å². The van der Waals surface area contributed by atoms with Crippen LogP contribution in [0.2, 0.25) is 0 Å². The average molecular weight is 235 g/mol. The number of hydrogen-bond acceptors (Lipinski definition) is 5. The number of aromatic nitrogens is 2. The lowest BCUT2D eigenvalue weighted by molar-refractivity contribution is 0.309. The Morgan fingerprint density at radius 2 is 2.12 bits per heavy atom. The van der Waals surface area contributed by atoms with Crippen LogP contribution in [0.25, 0.3) is 0 Å². The van der Waals surface area contributed by atoms with Crippen LogP contribution in [0.15, 0.2) is 30.7 Å². The van der Waals surface area contributed by atoms with Crippen molar-refractivity contribution in [2.24, 2.45) is 0 Å². The highest BCUT2D eigenvalue weighted by atomic mass is 32.1. The number of nitrogens with two attached hydrogens (primary N) is 1. The molecule has 0 aliphatic heterocycles. The standard InChI is InChI=1S/C11H13N3OS/c12-10-8-14-11(16-10)15-7-1-2-9-3-5-13-6-4-9/h3-6,8H,1-2,7,12H2. The number of anilines is 1. The van der Waals surface area contributed by atoms with Crippen molar-refractivity contribution < 1.29 is 4.74 Å². The fraction of sp³-hybridized carbons (Fsp3) is 0.273. The molecule has 0 saturated heterocycles. The number of hydrogen-bond donors (Lipinski definition) is 1. The Kier molecular flexibility index (Phi) is 3.71. The van der Waals surface area contributed by atoms with Gasteiger partial charge in [0.15, 0.2) is 0 Å². The number of nitrogen functional groups attached to an aromatic ring is 1. The molecule has 2 rings (SSSR count). The minimum Gasteiger partial charge on any atom is -0.470 e. The molecular weight excluding hydrogens is 222 g/mol. The third-order valence-electron chi connectivity index (χ3n) is 2.09. The van der Waals surface area contributed by atoms with Crippen LogP contribution in [0, 0.1) is 0 Å². The molecule has 0 radical (unpaired) electrons. The first kappa shape index (κ1) is 10.9. The highest BCUT2D eigenvalue weighted by molar-refractivity contribution is 7.17. The van der Waals surface area contributed by atoms with Crippen molar-refractivity contribution in [2.45, 2.75) is 12.8 Å². The first-order valence-corrected chi connectivity index (χ1v) is 5.89. The minimum atomic E-state index is 0.646. The summed E-state index contributed by atoms with van der Waals surface area (Å²) < 4.78 is 5.46. The van der Waals surface area contributed by atoms with Crippen molar-refractivity contribution in [2.75, 3.05) is 12.3 Å². The molecule has 0 aliphatic carbocycles. The van der Waals surface area contributed by atoms with Crippen LogP contribution < -0.4 is 10.5 Å². The zero-order chi connectivity index (χ0) is 11.2. The number of nitrogens with zero attached hydrogens (tertiary/aromatic N) is 2. The van der Waals surface area contributed by atoms with Gasteiger partial charge in [0.1, 0.15) is 5.00 Å². The number of ether oxygens (including phenoxy) is 1. The van der Waals surface area contributed by atoms with Crippen molar-refractivity contribution >= 4 is 16.3 Å². The van der Waals surface area contributed by atoms with E-state index in [2.05, 4.69) is 9.97 Å². The third-order valence-corrected chi connectivity index (χ3v) is 2.83. The summed E-state index contributed by atoms with van der Waals surface area (Å²) in [5.41, 5.74) is 6.82. The van der Waals surface area contributed by atoms with Gasteiger partial charge in [0.2, 0.25) is 0 Å². The molecule has 0 aromatic carbocycles. The SMILES string of the molecule is Nc1cnc(OCCCc2ccncc2)s1. The zero-order valence-electron chi connectivity index (χ0n) is 8.80. The van der Waals surface area contributed by atoms with E-state index >= 15 is 0 Å². The second-order valence-corrected chi connectivity index (χ2v) is 4.36. The summed E-state index contributed by atoms with van der Waals surface area (Å²) in [7, 11) is 0.